The average molecular weight is 213 g/mol. The summed E-state index contributed by atoms with van der Waals surface area (Å²) in [6.07, 6.45) is 8.29. The maximum Gasteiger partial charge on any atom is 0.0724 e. The molecule has 1 saturated carbocycles. The Kier molecular flexibility index (Phi) is 6.26. The minimum atomic E-state index is 0.441. The van der Waals surface area contributed by atoms with Crippen molar-refractivity contribution in [2.75, 3.05) is 13.7 Å². The average Bonchev–Trinajstić information content (AvgIpc) is 2.50. The van der Waals surface area contributed by atoms with Crippen LogP contribution in [0, 0.1) is 5.92 Å². The van der Waals surface area contributed by atoms with Gasteiger partial charge in [-0.2, -0.15) is 0 Å². The standard InChI is InChI=1S/C13H27NO/c1-4-11(2)10-14-12-8-6-5-7-9-13(12)15-3/h11-14H,4-10H2,1-3H3. The van der Waals surface area contributed by atoms with Gasteiger partial charge in [0.1, 0.15) is 0 Å². The van der Waals surface area contributed by atoms with Gasteiger partial charge in [0.25, 0.3) is 0 Å². The molecule has 0 bridgehead atoms. The third-order valence-electron chi connectivity index (χ3n) is 3.68. The quantitative estimate of drug-likeness (QED) is 0.709. The van der Waals surface area contributed by atoms with Crippen LogP contribution < -0.4 is 5.32 Å². The molecule has 0 amide bonds. The van der Waals surface area contributed by atoms with E-state index in [2.05, 4.69) is 19.2 Å². The van der Waals surface area contributed by atoms with Gasteiger partial charge in [0.15, 0.2) is 0 Å². The number of hydrogen-bond donors (Lipinski definition) is 1. The number of nitrogens with one attached hydrogen (secondary N) is 1. The van der Waals surface area contributed by atoms with Crippen molar-refractivity contribution < 1.29 is 4.74 Å². The monoisotopic (exact) mass is 213 g/mol. The van der Waals surface area contributed by atoms with Crippen LogP contribution in [0.25, 0.3) is 0 Å². The largest absolute Gasteiger partial charge is 0.380 e. The zero-order valence-electron chi connectivity index (χ0n) is 10.6. The number of methoxy groups -OCH3 is 1. The molecule has 0 aromatic carbocycles. The molecule has 0 aromatic heterocycles. The molecular weight excluding hydrogens is 186 g/mol. The van der Waals surface area contributed by atoms with E-state index in [9.17, 15) is 0 Å². The van der Waals surface area contributed by atoms with Crippen molar-refractivity contribution in [3.63, 3.8) is 0 Å². The van der Waals surface area contributed by atoms with Gasteiger partial charge in [-0.25, -0.2) is 0 Å². The molecule has 1 N–H and O–H groups in total. The van der Waals surface area contributed by atoms with Crippen molar-refractivity contribution in [1.29, 1.82) is 0 Å². The van der Waals surface area contributed by atoms with E-state index < -0.39 is 0 Å². The molecule has 0 heterocycles. The summed E-state index contributed by atoms with van der Waals surface area (Å²) >= 11 is 0. The van der Waals surface area contributed by atoms with Crippen molar-refractivity contribution >= 4 is 0 Å². The highest BCUT2D eigenvalue weighted by Crippen LogP contribution is 2.20. The molecule has 2 heteroatoms. The van der Waals surface area contributed by atoms with Gasteiger partial charge in [-0.15, -0.1) is 0 Å². The highest BCUT2D eigenvalue weighted by Gasteiger charge is 2.22. The second-order valence-electron chi connectivity index (χ2n) is 4.94. The van der Waals surface area contributed by atoms with Gasteiger partial charge in [0.2, 0.25) is 0 Å². The summed E-state index contributed by atoms with van der Waals surface area (Å²) in [4.78, 5) is 0. The van der Waals surface area contributed by atoms with Crippen LogP contribution in [0.4, 0.5) is 0 Å². The molecule has 0 aliphatic heterocycles. The number of ether oxygens (including phenoxy) is 1. The lowest BCUT2D eigenvalue weighted by atomic mass is 10.0. The van der Waals surface area contributed by atoms with E-state index in [4.69, 9.17) is 4.74 Å². The Morgan fingerprint density at radius 2 is 2.00 bits per heavy atom. The molecule has 2 nitrogen and oxygen atoms in total. The van der Waals surface area contributed by atoms with Gasteiger partial charge in [0.05, 0.1) is 6.10 Å². The van der Waals surface area contributed by atoms with Gasteiger partial charge in [0, 0.05) is 13.2 Å². The highest BCUT2D eigenvalue weighted by atomic mass is 16.5. The Morgan fingerprint density at radius 3 is 2.67 bits per heavy atom. The summed E-state index contributed by atoms with van der Waals surface area (Å²) in [7, 11) is 1.86. The predicted molar refractivity (Wildman–Crippen MR) is 65.1 cm³/mol. The lowest BCUT2D eigenvalue weighted by Gasteiger charge is -2.26. The predicted octanol–water partition coefficient (Wildman–Crippen LogP) is 2.97. The first-order chi connectivity index (χ1) is 7.27. The van der Waals surface area contributed by atoms with E-state index in [1.165, 1.54) is 38.5 Å². The van der Waals surface area contributed by atoms with E-state index in [1.807, 2.05) is 7.11 Å². The Bertz CT molecular complexity index is 161. The summed E-state index contributed by atoms with van der Waals surface area (Å²) in [6.45, 7) is 5.71. The summed E-state index contributed by atoms with van der Waals surface area (Å²) in [6, 6.07) is 0.589. The lowest BCUT2D eigenvalue weighted by Crippen LogP contribution is -2.42. The van der Waals surface area contributed by atoms with Crippen LogP contribution in [0.1, 0.15) is 52.4 Å². The van der Waals surface area contributed by atoms with Crippen LogP contribution >= 0.6 is 0 Å². The van der Waals surface area contributed by atoms with Crippen LogP contribution in [-0.4, -0.2) is 25.8 Å². The van der Waals surface area contributed by atoms with E-state index in [0.29, 0.717) is 12.1 Å². The zero-order chi connectivity index (χ0) is 11.1. The fraction of sp³-hybridized carbons (Fsp3) is 1.00. The first-order valence-corrected chi connectivity index (χ1v) is 6.54. The molecule has 1 aliphatic carbocycles. The number of hydrogen-bond acceptors (Lipinski definition) is 2. The smallest absolute Gasteiger partial charge is 0.0724 e. The Morgan fingerprint density at radius 1 is 1.27 bits per heavy atom. The normalized spacial score (nSPS) is 29.8. The Balaban J connectivity index is 2.34. The second kappa shape index (κ2) is 7.24. The Labute approximate surface area is 94.8 Å². The summed E-state index contributed by atoms with van der Waals surface area (Å²) < 4.78 is 5.59. The third kappa shape index (κ3) is 4.52. The van der Waals surface area contributed by atoms with Crippen molar-refractivity contribution in [3.8, 4) is 0 Å². The molecule has 0 radical (unpaired) electrons. The van der Waals surface area contributed by atoms with Crippen molar-refractivity contribution in [3.05, 3.63) is 0 Å². The van der Waals surface area contributed by atoms with E-state index in [0.717, 1.165) is 12.5 Å². The summed E-state index contributed by atoms with van der Waals surface area (Å²) in [5, 5.41) is 3.69. The van der Waals surface area contributed by atoms with Gasteiger partial charge < -0.3 is 10.1 Å². The van der Waals surface area contributed by atoms with E-state index in [-0.39, 0.29) is 0 Å². The van der Waals surface area contributed by atoms with E-state index in [1.54, 1.807) is 0 Å². The first-order valence-electron chi connectivity index (χ1n) is 6.54. The first kappa shape index (κ1) is 13.0. The highest BCUT2D eigenvalue weighted by molar-refractivity contribution is 4.80. The molecule has 15 heavy (non-hydrogen) atoms. The molecular formula is C13H27NO. The van der Waals surface area contributed by atoms with Gasteiger partial charge >= 0.3 is 0 Å². The van der Waals surface area contributed by atoms with Crippen LogP contribution in [-0.2, 0) is 4.74 Å². The van der Waals surface area contributed by atoms with Crippen LogP contribution in [0.2, 0.25) is 0 Å². The molecule has 1 fully saturated rings. The van der Waals surface area contributed by atoms with Crippen LogP contribution in [0.3, 0.4) is 0 Å². The van der Waals surface area contributed by atoms with Crippen molar-refractivity contribution in [2.24, 2.45) is 5.92 Å². The molecule has 90 valence electrons. The molecule has 0 aromatic rings. The Hall–Kier alpha value is -0.0800. The molecule has 3 atom stereocenters. The molecule has 0 spiro atoms. The van der Waals surface area contributed by atoms with Gasteiger partial charge in [-0.3, -0.25) is 0 Å². The SMILES string of the molecule is CCC(C)CNC1CCCCCC1OC. The topological polar surface area (TPSA) is 21.3 Å². The molecule has 3 unspecified atom stereocenters. The maximum absolute atomic E-state index is 5.59. The molecule has 1 aliphatic rings. The van der Waals surface area contributed by atoms with Crippen molar-refractivity contribution in [1.82, 2.24) is 5.32 Å². The summed E-state index contributed by atoms with van der Waals surface area (Å²) in [5.41, 5.74) is 0. The minimum Gasteiger partial charge on any atom is -0.380 e. The lowest BCUT2D eigenvalue weighted by molar-refractivity contribution is 0.0619. The zero-order valence-corrected chi connectivity index (χ0v) is 10.6. The fourth-order valence-electron chi connectivity index (χ4n) is 2.29. The maximum atomic E-state index is 5.59. The minimum absolute atomic E-state index is 0.441. The van der Waals surface area contributed by atoms with Crippen molar-refractivity contribution in [2.45, 2.75) is 64.5 Å². The van der Waals surface area contributed by atoms with E-state index >= 15 is 0 Å². The second-order valence-corrected chi connectivity index (χ2v) is 4.94. The van der Waals surface area contributed by atoms with Crippen LogP contribution in [0.15, 0.2) is 0 Å². The van der Waals surface area contributed by atoms with Gasteiger partial charge in [-0.05, 0) is 25.3 Å². The molecule has 1 rings (SSSR count). The van der Waals surface area contributed by atoms with Gasteiger partial charge in [-0.1, -0.05) is 39.5 Å². The fourth-order valence-corrected chi connectivity index (χ4v) is 2.29. The van der Waals surface area contributed by atoms with Crippen LogP contribution in [0.5, 0.6) is 0 Å². The summed E-state index contributed by atoms with van der Waals surface area (Å²) in [5.74, 6) is 0.783. The third-order valence-corrected chi connectivity index (χ3v) is 3.68. The molecule has 0 saturated heterocycles. The number of rotatable bonds is 5.